The van der Waals surface area contributed by atoms with Crippen LogP contribution in [-0.2, 0) is 6.42 Å². The lowest BCUT2D eigenvalue weighted by atomic mass is 9.93. The highest BCUT2D eigenvalue weighted by Gasteiger charge is 2.29. The molecule has 1 aliphatic rings. The van der Waals surface area contributed by atoms with Gasteiger partial charge in [-0.15, -0.1) is 0 Å². The van der Waals surface area contributed by atoms with Gasteiger partial charge in [-0.05, 0) is 55.2 Å². The lowest BCUT2D eigenvalue weighted by Crippen LogP contribution is -2.31. The molecule has 1 amide bonds. The molecule has 0 atom stereocenters. The molecule has 0 aromatic heterocycles. The van der Waals surface area contributed by atoms with Crippen molar-refractivity contribution < 1.29 is 4.79 Å². The van der Waals surface area contributed by atoms with Crippen LogP contribution >= 0.6 is 0 Å². The van der Waals surface area contributed by atoms with Gasteiger partial charge in [0.05, 0.1) is 11.4 Å². The second kappa shape index (κ2) is 5.89. The molecule has 1 aliphatic heterocycles. The van der Waals surface area contributed by atoms with Crippen LogP contribution < -0.4 is 4.90 Å². The van der Waals surface area contributed by atoms with E-state index >= 15 is 0 Å². The summed E-state index contributed by atoms with van der Waals surface area (Å²) in [4.78, 5) is 15.5. The minimum atomic E-state index is 0.0506. The molecular formula is C23H21NO. The number of fused-ring (bicyclic) bond motifs is 2. The zero-order chi connectivity index (χ0) is 17.6. The van der Waals surface area contributed by atoms with Crippen molar-refractivity contribution in [1.82, 2.24) is 0 Å². The van der Waals surface area contributed by atoms with Gasteiger partial charge in [0, 0.05) is 12.0 Å². The normalized spacial score (nSPS) is 12.5. The fourth-order valence-electron chi connectivity index (χ4n) is 3.94. The first-order chi connectivity index (χ1) is 12.1. The maximum atomic E-state index is 13.6. The molecule has 2 nitrogen and oxygen atoms in total. The van der Waals surface area contributed by atoms with Gasteiger partial charge in [-0.3, -0.25) is 9.69 Å². The van der Waals surface area contributed by atoms with Gasteiger partial charge in [0.1, 0.15) is 0 Å². The molecule has 25 heavy (non-hydrogen) atoms. The highest BCUT2D eigenvalue weighted by atomic mass is 16.2. The molecule has 0 spiro atoms. The molecule has 0 saturated heterocycles. The molecule has 3 aromatic carbocycles. The summed E-state index contributed by atoms with van der Waals surface area (Å²) in [5.41, 5.74) is 8.42. The molecule has 0 radical (unpaired) electrons. The zero-order valence-corrected chi connectivity index (χ0v) is 14.8. The van der Waals surface area contributed by atoms with Gasteiger partial charge in [0.25, 0.3) is 5.91 Å². The van der Waals surface area contributed by atoms with Crippen LogP contribution in [0.25, 0.3) is 0 Å². The van der Waals surface area contributed by atoms with Crippen molar-refractivity contribution in [2.45, 2.75) is 27.2 Å². The molecule has 3 aromatic rings. The lowest BCUT2D eigenvalue weighted by Gasteiger charge is -2.32. The topological polar surface area (TPSA) is 20.3 Å². The van der Waals surface area contributed by atoms with Crippen LogP contribution in [0, 0.1) is 20.8 Å². The summed E-state index contributed by atoms with van der Waals surface area (Å²) < 4.78 is 0. The first-order valence-electron chi connectivity index (χ1n) is 8.64. The monoisotopic (exact) mass is 327 g/mol. The summed E-state index contributed by atoms with van der Waals surface area (Å²) in [6, 6.07) is 20.6. The zero-order valence-electron chi connectivity index (χ0n) is 14.8. The summed E-state index contributed by atoms with van der Waals surface area (Å²) in [7, 11) is 0. The summed E-state index contributed by atoms with van der Waals surface area (Å²) in [5.74, 6) is 0.0506. The standard InChI is InChI=1S/C23H21NO/c1-15-12-16(2)22(17(3)13-15)23(25)24-20-10-6-4-8-18(20)14-19-9-5-7-11-21(19)24/h4-13H,14H2,1-3H3. The maximum Gasteiger partial charge on any atom is 0.263 e. The number of nitrogens with zero attached hydrogens (tertiary/aromatic N) is 1. The Morgan fingerprint density at radius 3 is 1.80 bits per heavy atom. The van der Waals surface area contributed by atoms with E-state index in [0.717, 1.165) is 34.5 Å². The minimum Gasteiger partial charge on any atom is -0.276 e. The van der Waals surface area contributed by atoms with E-state index in [1.54, 1.807) is 0 Å². The van der Waals surface area contributed by atoms with Gasteiger partial charge in [0.2, 0.25) is 0 Å². The smallest absolute Gasteiger partial charge is 0.263 e. The third-order valence-electron chi connectivity index (χ3n) is 4.94. The Bertz CT molecular complexity index is 918. The molecule has 0 unspecified atom stereocenters. The summed E-state index contributed by atoms with van der Waals surface area (Å²) in [6.07, 6.45) is 0.863. The van der Waals surface area contributed by atoms with Crippen molar-refractivity contribution in [2.75, 3.05) is 4.90 Å². The third-order valence-corrected chi connectivity index (χ3v) is 4.94. The van der Waals surface area contributed by atoms with Crippen molar-refractivity contribution in [2.24, 2.45) is 0 Å². The third kappa shape index (κ3) is 2.54. The Labute approximate surface area is 148 Å². The Morgan fingerprint density at radius 2 is 1.28 bits per heavy atom. The van der Waals surface area contributed by atoms with E-state index in [1.165, 1.54) is 16.7 Å². The number of amides is 1. The van der Waals surface area contributed by atoms with Gasteiger partial charge < -0.3 is 0 Å². The van der Waals surface area contributed by atoms with Gasteiger partial charge in [-0.2, -0.15) is 0 Å². The molecule has 0 N–H and O–H groups in total. The number of hydrogen-bond acceptors (Lipinski definition) is 1. The Balaban J connectivity index is 1.93. The highest BCUT2D eigenvalue weighted by Crippen LogP contribution is 2.40. The van der Waals surface area contributed by atoms with E-state index in [2.05, 4.69) is 31.2 Å². The number of carbonyl (C=O) groups excluding carboxylic acids is 1. The van der Waals surface area contributed by atoms with E-state index in [9.17, 15) is 4.79 Å². The minimum absolute atomic E-state index is 0.0506. The summed E-state index contributed by atoms with van der Waals surface area (Å²) in [5, 5.41) is 0. The van der Waals surface area contributed by atoms with Crippen LogP contribution in [0.15, 0.2) is 60.7 Å². The largest absolute Gasteiger partial charge is 0.276 e. The summed E-state index contributed by atoms with van der Waals surface area (Å²) >= 11 is 0. The molecule has 1 heterocycles. The van der Waals surface area contributed by atoms with Crippen LogP contribution in [0.1, 0.15) is 38.2 Å². The fourth-order valence-corrected chi connectivity index (χ4v) is 3.94. The molecule has 0 aliphatic carbocycles. The second-order valence-corrected chi connectivity index (χ2v) is 6.85. The quantitative estimate of drug-likeness (QED) is 0.578. The second-order valence-electron chi connectivity index (χ2n) is 6.85. The molecule has 2 heteroatoms. The predicted molar refractivity (Wildman–Crippen MR) is 103 cm³/mol. The van der Waals surface area contributed by atoms with Crippen LogP contribution in [0.3, 0.4) is 0 Å². The maximum absolute atomic E-state index is 13.6. The number of anilines is 2. The van der Waals surface area contributed by atoms with Crippen molar-refractivity contribution in [3.05, 3.63) is 94.0 Å². The first kappa shape index (κ1) is 15.6. The van der Waals surface area contributed by atoms with Crippen molar-refractivity contribution in [3.63, 3.8) is 0 Å². The first-order valence-corrected chi connectivity index (χ1v) is 8.64. The molecular weight excluding hydrogens is 306 g/mol. The van der Waals surface area contributed by atoms with E-state index in [0.29, 0.717) is 0 Å². The molecule has 0 fully saturated rings. The lowest BCUT2D eigenvalue weighted by molar-refractivity contribution is 0.0997. The Hall–Kier alpha value is -2.87. The van der Waals surface area contributed by atoms with Gasteiger partial charge in [0.15, 0.2) is 0 Å². The van der Waals surface area contributed by atoms with Crippen LogP contribution in [-0.4, -0.2) is 5.91 Å². The SMILES string of the molecule is Cc1cc(C)c(C(=O)N2c3ccccc3Cc3ccccc32)c(C)c1. The van der Waals surface area contributed by atoms with Gasteiger partial charge >= 0.3 is 0 Å². The fraction of sp³-hybridized carbons (Fsp3) is 0.174. The van der Waals surface area contributed by atoms with Gasteiger partial charge in [-0.25, -0.2) is 0 Å². The van der Waals surface area contributed by atoms with E-state index in [-0.39, 0.29) is 5.91 Å². The van der Waals surface area contributed by atoms with Crippen LogP contribution in [0.4, 0.5) is 11.4 Å². The van der Waals surface area contributed by atoms with Crippen LogP contribution in [0.5, 0.6) is 0 Å². The molecule has 0 bridgehead atoms. The number of benzene rings is 3. The number of rotatable bonds is 1. The van der Waals surface area contributed by atoms with Gasteiger partial charge in [-0.1, -0.05) is 54.1 Å². The Kier molecular flexibility index (Phi) is 3.69. The Morgan fingerprint density at radius 1 is 0.800 bits per heavy atom. The van der Waals surface area contributed by atoms with E-state index in [1.807, 2.05) is 55.1 Å². The number of para-hydroxylation sites is 2. The predicted octanol–water partition coefficient (Wildman–Crippen LogP) is 5.49. The van der Waals surface area contributed by atoms with Crippen molar-refractivity contribution in [1.29, 1.82) is 0 Å². The van der Waals surface area contributed by atoms with E-state index < -0.39 is 0 Å². The molecule has 4 rings (SSSR count). The van der Waals surface area contributed by atoms with Crippen molar-refractivity contribution in [3.8, 4) is 0 Å². The molecule has 0 saturated carbocycles. The average Bonchev–Trinajstić information content (AvgIpc) is 2.58. The average molecular weight is 327 g/mol. The molecule has 124 valence electrons. The van der Waals surface area contributed by atoms with Crippen LogP contribution in [0.2, 0.25) is 0 Å². The van der Waals surface area contributed by atoms with E-state index in [4.69, 9.17) is 0 Å². The number of carbonyl (C=O) groups is 1. The van der Waals surface area contributed by atoms with Crippen molar-refractivity contribution >= 4 is 17.3 Å². The highest BCUT2D eigenvalue weighted by molar-refractivity contribution is 6.13. The summed E-state index contributed by atoms with van der Waals surface area (Å²) in [6.45, 7) is 6.11. The number of hydrogen-bond donors (Lipinski definition) is 0. The number of aryl methyl sites for hydroxylation is 3.